The smallest absolute Gasteiger partial charge is 0.241 e. The molecular weight excluding hydrogens is 335 g/mol. The number of halogens is 1. The average molecular weight is 358 g/mol. The Hall–Kier alpha value is -2.54. The van der Waals surface area contributed by atoms with Gasteiger partial charge in [0.1, 0.15) is 17.3 Å². The van der Waals surface area contributed by atoms with Crippen molar-refractivity contribution < 1.29 is 13.9 Å². The molecule has 0 N–H and O–H groups in total. The molecule has 1 saturated heterocycles. The van der Waals surface area contributed by atoms with Gasteiger partial charge in [0.2, 0.25) is 11.8 Å². The highest BCUT2D eigenvalue weighted by atomic mass is 19.1. The molecule has 0 unspecified atom stereocenters. The fraction of sp³-hybridized carbons (Fsp3) is 0.421. The molecule has 1 amide bonds. The van der Waals surface area contributed by atoms with E-state index in [0.29, 0.717) is 18.2 Å². The number of hydrogen-bond donors (Lipinski definition) is 0. The van der Waals surface area contributed by atoms with Crippen molar-refractivity contribution in [3.63, 3.8) is 0 Å². The van der Waals surface area contributed by atoms with Gasteiger partial charge in [0.05, 0.1) is 6.54 Å². The van der Waals surface area contributed by atoms with E-state index in [2.05, 4.69) is 14.9 Å². The highest BCUT2D eigenvalue weighted by molar-refractivity contribution is 5.77. The van der Waals surface area contributed by atoms with Crippen LogP contribution in [-0.4, -0.2) is 59.4 Å². The van der Waals surface area contributed by atoms with Crippen molar-refractivity contribution in [2.45, 2.75) is 18.8 Å². The van der Waals surface area contributed by atoms with Gasteiger partial charge in [-0.25, -0.2) is 9.37 Å². The molecule has 1 aliphatic heterocycles. The number of carbonyl (C=O) groups excluding carboxylic acids is 1. The number of carbonyl (C=O) groups is 1. The van der Waals surface area contributed by atoms with E-state index < -0.39 is 0 Å². The third-order valence-electron chi connectivity index (χ3n) is 4.47. The molecule has 0 saturated carbocycles. The van der Waals surface area contributed by atoms with Crippen molar-refractivity contribution in [3.8, 4) is 11.6 Å². The molecule has 2 heterocycles. The number of benzene rings is 1. The Bertz CT molecular complexity index is 751. The number of hydrogen-bond acceptors (Lipinski definition) is 5. The van der Waals surface area contributed by atoms with Crippen LogP contribution < -0.4 is 4.74 Å². The van der Waals surface area contributed by atoms with Crippen LogP contribution in [0.2, 0.25) is 0 Å². The number of rotatable bonds is 5. The molecule has 1 aromatic carbocycles. The largest absolute Gasteiger partial charge is 0.437 e. The summed E-state index contributed by atoms with van der Waals surface area (Å²) < 4.78 is 18.9. The second kappa shape index (κ2) is 8.23. The van der Waals surface area contributed by atoms with E-state index in [0.717, 1.165) is 31.6 Å². The molecule has 1 fully saturated rings. The predicted molar refractivity (Wildman–Crippen MR) is 95.6 cm³/mol. The van der Waals surface area contributed by atoms with Gasteiger partial charge >= 0.3 is 0 Å². The third kappa shape index (κ3) is 4.54. The minimum Gasteiger partial charge on any atom is -0.437 e. The Balaban J connectivity index is 1.74. The van der Waals surface area contributed by atoms with Gasteiger partial charge in [-0.3, -0.25) is 14.7 Å². The molecule has 26 heavy (non-hydrogen) atoms. The highest BCUT2D eigenvalue weighted by Crippen LogP contribution is 2.32. The van der Waals surface area contributed by atoms with Gasteiger partial charge in [-0.1, -0.05) is 0 Å². The SMILES string of the molecule is CN(C)C(=O)CN1CCC[C@@H](c2nccnc2Oc2ccc(F)cc2)C1. The van der Waals surface area contributed by atoms with E-state index in [9.17, 15) is 9.18 Å². The van der Waals surface area contributed by atoms with Gasteiger partial charge in [-0.2, -0.15) is 0 Å². The van der Waals surface area contributed by atoms with Crippen LogP contribution in [0.3, 0.4) is 0 Å². The molecule has 1 aromatic heterocycles. The first-order valence-corrected chi connectivity index (χ1v) is 8.70. The van der Waals surface area contributed by atoms with Crippen molar-refractivity contribution >= 4 is 5.91 Å². The Morgan fingerprint density at radius 1 is 1.27 bits per heavy atom. The first kappa shape index (κ1) is 18.3. The maximum Gasteiger partial charge on any atom is 0.241 e. The fourth-order valence-electron chi connectivity index (χ4n) is 3.06. The minimum absolute atomic E-state index is 0.0904. The molecule has 0 radical (unpaired) electrons. The zero-order chi connectivity index (χ0) is 18.5. The summed E-state index contributed by atoms with van der Waals surface area (Å²) in [6, 6.07) is 5.83. The first-order chi connectivity index (χ1) is 12.5. The molecule has 7 heteroatoms. The van der Waals surface area contributed by atoms with Crippen LogP contribution in [0, 0.1) is 5.82 Å². The summed E-state index contributed by atoms with van der Waals surface area (Å²) in [7, 11) is 3.53. The molecule has 0 bridgehead atoms. The molecule has 2 aromatic rings. The first-order valence-electron chi connectivity index (χ1n) is 8.70. The van der Waals surface area contributed by atoms with E-state index in [-0.39, 0.29) is 17.6 Å². The van der Waals surface area contributed by atoms with Gasteiger partial charge < -0.3 is 9.64 Å². The minimum atomic E-state index is -0.315. The molecule has 138 valence electrons. The number of likely N-dealkylation sites (tertiary alicyclic amines) is 1. The van der Waals surface area contributed by atoms with E-state index in [1.807, 2.05) is 0 Å². The lowest BCUT2D eigenvalue weighted by molar-refractivity contribution is -0.130. The predicted octanol–water partition coefficient (Wildman–Crippen LogP) is 2.68. The van der Waals surface area contributed by atoms with Crippen molar-refractivity contribution in [1.82, 2.24) is 19.8 Å². The van der Waals surface area contributed by atoms with E-state index in [1.165, 1.54) is 12.1 Å². The quantitative estimate of drug-likeness (QED) is 0.822. The van der Waals surface area contributed by atoms with Crippen molar-refractivity contribution in [2.75, 3.05) is 33.7 Å². The third-order valence-corrected chi connectivity index (χ3v) is 4.47. The summed E-state index contributed by atoms with van der Waals surface area (Å²) in [6.45, 7) is 2.03. The lowest BCUT2D eigenvalue weighted by Gasteiger charge is -2.32. The molecule has 0 aliphatic carbocycles. The van der Waals surface area contributed by atoms with E-state index in [4.69, 9.17) is 4.74 Å². The number of ether oxygens (including phenoxy) is 1. The molecule has 1 atom stereocenters. The molecule has 0 spiro atoms. The van der Waals surface area contributed by atoms with Crippen LogP contribution in [-0.2, 0) is 4.79 Å². The van der Waals surface area contributed by atoms with Crippen LogP contribution in [0.25, 0.3) is 0 Å². The monoisotopic (exact) mass is 358 g/mol. The van der Waals surface area contributed by atoms with Gasteiger partial charge in [0.25, 0.3) is 0 Å². The van der Waals surface area contributed by atoms with Crippen molar-refractivity contribution in [1.29, 1.82) is 0 Å². The molecule has 1 aliphatic rings. The van der Waals surface area contributed by atoms with Gasteiger partial charge in [0, 0.05) is 39.0 Å². The van der Waals surface area contributed by atoms with Crippen LogP contribution in [0.5, 0.6) is 11.6 Å². The maximum absolute atomic E-state index is 13.1. The number of nitrogens with zero attached hydrogens (tertiary/aromatic N) is 4. The maximum atomic E-state index is 13.1. The van der Waals surface area contributed by atoms with Gasteiger partial charge in [0.15, 0.2) is 0 Å². The lowest BCUT2D eigenvalue weighted by Crippen LogP contribution is -2.41. The zero-order valence-electron chi connectivity index (χ0n) is 15.1. The number of aromatic nitrogens is 2. The second-order valence-corrected chi connectivity index (χ2v) is 6.67. The Morgan fingerprint density at radius 3 is 2.73 bits per heavy atom. The van der Waals surface area contributed by atoms with Crippen molar-refractivity contribution in [3.05, 3.63) is 48.2 Å². The normalized spacial score (nSPS) is 17.7. The number of piperidine rings is 1. The molecule has 6 nitrogen and oxygen atoms in total. The topological polar surface area (TPSA) is 58.6 Å². The van der Waals surface area contributed by atoms with Crippen LogP contribution in [0.15, 0.2) is 36.7 Å². The molecule has 3 rings (SSSR count). The number of likely N-dealkylation sites (N-methyl/N-ethyl adjacent to an activating group) is 1. The van der Waals surface area contributed by atoms with E-state index >= 15 is 0 Å². The van der Waals surface area contributed by atoms with Gasteiger partial charge in [-0.15, -0.1) is 0 Å². The summed E-state index contributed by atoms with van der Waals surface area (Å²) in [6.07, 6.45) is 5.18. The Morgan fingerprint density at radius 2 is 2.00 bits per heavy atom. The summed E-state index contributed by atoms with van der Waals surface area (Å²) in [4.78, 5) is 24.5. The van der Waals surface area contributed by atoms with Crippen LogP contribution in [0.4, 0.5) is 4.39 Å². The summed E-state index contributed by atoms with van der Waals surface area (Å²) in [5.41, 5.74) is 0.777. The van der Waals surface area contributed by atoms with Crippen molar-refractivity contribution in [2.24, 2.45) is 0 Å². The fourth-order valence-corrected chi connectivity index (χ4v) is 3.06. The summed E-state index contributed by atoms with van der Waals surface area (Å²) in [5, 5.41) is 0. The number of amides is 1. The standard InChI is InChI=1S/C19H23FN4O2/c1-23(2)17(25)13-24-11-3-4-14(12-24)18-19(22-10-9-21-18)26-16-7-5-15(20)6-8-16/h5-10,14H,3-4,11-13H2,1-2H3/t14-/m1/s1. The molecular formula is C19H23FN4O2. The van der Waals surface area contributed by atoms with Crippen LogP contribution in [0.1, 0.15) is 24.5 Å². The summed E-state index contributed by atoms with van der Waals surface area (Å²) >= 11 is 0. The summed E-state index contributed by atoms with van der Waals surface area (Å²) in [5.74, 6) is 0.870. The van der Waals surface area contributed by atoms with Crippen LogP contribution >= 0.6 is 0 Å². The van der Waals surface area contributed by atoms with E-state index in [1.54, 1.807) is 43.5 Å². The van der Waals surface area contributed by atoms with Gasteiger partial charge in [-0.05, 0) is 43.7 Å². The average Bonchev–Trinajstić information content (AvgIpc) is 2.64. The Kier molecular flexibility index (Phi) is 5.78. The highest BCUT2D eigenvalue weighted by Gasteiger charge is 2.27. The zero-order valence-corrected chi connectivity index (χ0v) is 15.1. The Labute approximate surface area is 152 Å². The lowest BCUT2D eigenvalue weighted by atomic mass is 9.94. The second-order valence-electron chi connectivity index (χ2n) is 6.67.